The van der Waals surface area contributed by atoms with E-state index >= 15 is 0 Å². The average Bonchev–Trinajstić information content (AvgIpc) is 2.78. The number of aryl methyl sites for hydroxylation is 1. The lowest BCUT2D eigenvalue weighted by atomic mass is 10.2. The summed E-state index contributed by atoms with van der Waals surface area (Å²) in [6.45, 7) is 1.73. The Balaban J connectivity index is 2.01. The van der Waals surface area contributed by atoms with E-state index in [2.05, 4.69) is 35.5 Å². The highest BCUT2D eigenvalue weighted by molar-refractivity contribution is 8.00. The van der Waals surface area contributed by atoms with Gasteiger partial charge in [-0.3, -0.25) is 0 Å². The summed E-state index contributed by atoms with van der Waals surface area (Å²) in [6.07, 6.45) is 2.05. The van der Waals surface area contributed by atoms with Gasteiger partial charge in [-0.1, -0.05) is 23.9 Å². The molecule has 1 aromatic carbocycles. The molecule has 2 rings (SSSR count). The molecule has 1 aromatic heterocycles. The Bertz CT molecular complexity index is 578. The van der Waals surface area contributed by atoms with Crippen LogP contribution < -0.4 is 0 Å². The summed E-state index contributed by atoms with van der Waals surface area (Å²) in [5, 5.41) is 8.98. The minimum Gasteiger partial charge on any atom is -0.477 e. The first-order chi connectivity index (χ1) is 9.10. The van der Waals surface area contributed by atoms with E-state index in [0.29, 0.717) is 10.6 Å². The molecule has 19 heavy (non-hydrogen) atoms. The molecule has 0 radical (unpaired) electrons. The molecule has 0 saturated carbocycles. The zero-order valence-corrected chi connectivity index (χ0v) is 13.0. The van der Waals surface area contributed by atoms with Crippen molar-refractivity contribution in [2.75, 3.05) is 6.26 Å². The quantitative estimate of drug-likeness (QED) is 0.840. The summed E-state index contributed by atoms with van der Waals surface area (Å²) < 4.78 is 0.809. The molecule has 6 heteroatoms. The molecule has 1 heterocycles. The fourth-order valence-electron chi connectivity index (χ4n) is 1.50. The van der Waals surface area contributed by atoms with Gasteiger partial charge in [0.25, 0.3) is 0 Å². The van der Waals surface area contributed by atoms with Crippen LogP contribution in [0.25, 0.3) is 0 Å². The number of aromatic nitrogens is 1. The number of carboxylic acids is 1. The lowest BCUT2D eigenvalue weighted by Gasteiger charge is -2.00. The zero-order valence-electron chi connectivity index (χ0n) is 10.5. The predicted molar refractivity (Wildman–Crippen MR) is 81.6 cm³/mol. The fourth-order valence-corrected chi connectivity index (χ4v) is 3.89. The standard InChI is InChI=1S/C13H13NO2S3/c1-8-11(12(15)16)19-13(14-8)18-7-9-3-5-10(17-2)6-4-9/h3-6H,7H2,1-2H3,(H,15,16). The average molecular weight is 311 g/mol. The number of carbonyl (C=O) groups is 1. The highest BCUT2D eigenvalue weighted by atomic mass is 32.2. The molecule has 0 aliphatic heterocycles. The van der Waals surface area contributed by atoms with Gasteiger partial charge in [-0.25, -0.2) is 9.78 Å². The van der Waals surface area contributed by atoms with Crippen LogP contribution in [0.5, 0.6) is 0 Å². The van der Waals surface area contributed by atoms with Gasteiger partial charge < -0.3 is 5.11 Å². The van der Waals surface area contributed by atoms with Gasteiger partial charge in [0.15, 0.2) is 4.34 Å². The number of hydrogen-bond donors (Lipinski definition) is 1. The van der Waals surface area contributed by atoms with Crippen LogP contribution in [0.2, 0.25) is 0 Å². The first-order valence-corrected chi connectivity index (χ1v) is 8.59. The van der Waals surface area contributed by atoms with Crippen molar-refractivity contribution in [3.63, 3.8) is 0 Å². The minimum absolute atomic E-state index is 0.334. The SMILES string of the molecule is CSc1ccc(CSc2nc(C)c(C(=O)O)s2)cc1. The third-order valence-corrected chi connectivity index (χ3v) is 5.60. The van der Waals surface area contributed by atoms with Gasteiger partial charge in [0.1, 0.15) is 4.88 Å². The van der Waals surface area contributed by atoms with Crippen LogP contribution in [-0.4, -0.2) is 22.3 Å². The van der Waals surface area contributed by atoms with E-state index in [1.807, 2.05) is 0 Å². The Labute approximate surface area is 124 Å². The number of hydrogen-bond acceptors (Lipinski definition) is 5. The molecular weight excluding hydrogens is 298 g/mol. The second-order valence-electron chi connectivity index (χ2n) is 3.84. The summed E-state index contributed by atoms with van der Waals surface area (Å²) in [7, 11) is 0. The summed E-state index contributed by atoms with van der Waals surface area (Å²) >= 11 is 4.54. The number of rotatable bonds is 5. The summed E-state index contributed by atoms with van der Waals surface area (Å²) in [5.41, 5.74) is 1.81. The van der Waals surface area contributed by atoms with Crippen LogP contribution >= 0.6 is 34.9 Å². The minimum atomic E-state index is -0.897. The Kier molecular flexibility index (Phi) is 4.90. The van der Waals surface area contributed by atoms with E-state index < -0.39 is 5.97 Å². The first kappa shape index (κ1) is 14.4. The summed E-state index contributed by atoms with van der Waals surface area (Å²) in [5.74, 6) is -0.0908. The Morgan fingerprint density at radius 1 is 1.37 bits per heavy atom. The Hall–Kier alpha value is -0.980. The molecule has 0 spiro atoms. The third-order valence-electron chi connectivity index (χ3n) is 2.49. The van der Waals surface area contributed by atoms with Crippen LogP contribution in [0.15, 0.2) is 33.5 Å². The molecule has 0 saturated heterocycles. The molecule has 100 valence electrons. The third kappa shape index (κ3) is 3.75. The molecule has 0 unspecified atom stereocenters. The van der Waals surface area contributed by atoms with Crippen molar-refractivity contribution in [3.8, 4) is 0 Å². The van der Waals surface area contributed by atoms with Crippen LogP contribution in [0.4, 0.5) is 0 Å². The van der Waals surface area contributed by atoms with Crippen molar-refractivity contribution in [2.45, 2.75) is 21.9 Å². The van der Waals surface area contributed by atoms with Crippen molar-refractivity contribution in [1.29, 1.82) is 0 Å². The number of carboxylic acid groups (broad SMARTS) is 1. The topological polar surface area (TPSA) is 50.2 Å². The first-order valence-electron chi connectivity index (χ1n) is 5.56. The Morgan fingerprint density at radius 3 is 2.58 bits per heavy atom. The lowest BCUT2D eigenvalue weighted by Crippen LogP contribution is -1.94. The molecule has 0 amide bonds. The molecular formula is C13H13NO2S3. The van der Waals surface area contributed by atoms with E-state index in [1.54, 1.807) is 30.4 Å². The van der Waals surface area contributed by atoms with E-state index in [9.17, 15) is 4.79 Å². The van der Waals surface area contributed by atoms with Gasteiger partial charge in [-0.2, -0.15) is 0 Å². The van der Waals surface area contributed by atoms with E-state index in [0.717, 1.165) is 10.1 Å². The maximum absolute atomic E-state index is 10.9. The smallest absolute Gasteiger partial charge is 0.347 e. The van der Waals surface area contributed by atoms with E-state index in [4.69, 9.17) is 5.11 Å². The lowest BCUT2D eigenvalue weighted by molar-refractivity contribution is 0.0701. The molecule has 0 aliphatic carbocycles. The van der Waals surface area contributed by atoms with Gasteiger partial charge >= 0.3 is 5.97 Å². The van der Waals surface area contributed by atoms with Gasteiger partial charge in [0.05, 0.1) is 5.69 Å². The van der Waals surface area contributed by atoms with Crippen molar-refractivity contribution < 1.29 is 9.90 Å². The molecule has 2 aromatic rings. The van der Waals surface area contributed by atoms with E-state index in [-0.39, 0.29) is 0 Å². The van der Waals surface area contributed by atoms with Crippen molar-refractivity contribution in [3.05, 3.63) is 40.4 Å². The zero-order chi connectivity index (χ0) is 13.8. The van der Waals surface area contributed by atoms with Crippen LogP contribution in [0.1, 0.15) is 20.9 Å². The van der Waals surface area contributed by atoms with Gasteiger partial charge in [-0.05, 0) is 30.9 Å². The largest absolute Gasteiger partial charge is 0.477 e. The van der Waals surface area contributed by atoms with E-state index in [1.165, 1.54) is 21.8 Å². The van der Waals surface area contributed by atoms with Gasteiger partial charge in [-0.15, -0.1) is 23.1 Å². The molecule has 0 atom stereocenters. The monoisotopic (exact) mass is 311 g/mol. The predicted octanol–water partition coefficient (Wildman–Crippen LogP) is 4.16. The number of nitrogens with zero attached hydrogens (tertiary/aromatic N) is 1. The number of aromatic carboxylic acids is 1. The maximum Gasteiger partial charge on any atom is 0.347 e. The second-order valence-corrected chi connectivity index (χ2v) is 6.94. The van der Waals surface area contributed by atoms with Gasteiger partial charge in [0.2, 0.25) is 0 Å². The molecule has 1 N–H and O–H groups in total. The number of thiazole rings is 1. The van der Waals surface area contributed by atoms with Crippen molar-refractivity contribution >= 4 is 40.8 Å². The maximum atomic E-state index is 10.9. The fraction of sp³-hybridized carbons (Fsp3) is 0.231. The van der Waals surface area contributed by atoms with Crippen LogP contribution in [0.3, 0.4) is 0 Å². The second kappa shape index (κ2) is 6.45. The number of thioether (sulfide) groups is 2. The highest BCUT2D eigenvalue weighted by Gasteiger charge is 2.14. The van der Waals surface area contributed by atoms with Crippen molar-refractivity contribution in [2.24, 2.45) is 0 Å². The van der Waals surface area contributed by atoms with Crippen LogP contribution in [-0.2, 0) is 5.75 Å². The molecule has 0 bridgehead atoms. The van der Waals surface area contributed by atoms with Gasteiger partial charge in [0, 0.05) is 10.6 Å². The summed E-state index contributed by atoms with van der Waals surface area (Å²) in [4.78, 5) is 16.8. The number of benzene rings is 1. The molecule has 3 nitrogen and oxygen atoms in total. The van der Waals surface area contributed by atoms with Crippen molar-refractivity contribution in [1.82, 2.24) is 4.98 Å². The normalized spacial score (nSPS) is 10.6. The molecule has 0 fully saturated rings. The summed E-state index contributed by atoms with van der Waals surface area (Å²) in [6, 6.07) is 8.38. The Morgan fingerprint density at radius 2 is 2.05 bits per heavy atom. The van der Waals surface area contributed by atoms with Crippen LogP contribution in [0, 0.1) is 6.92 Å². The highest BCUT2D eigenvalue weighted by Crippen LogP contribution is 2.30. The molecule has 0 aliphatic rings.